The van der Waals surface area contributed by atoms with Gasteiger partial charge < -0.3 is 10.2 Å². The van der Waals surface area contributed by atoms with Crippen LogP contribution in [0.5, 0.6) is 0 Å². The van der Waals surface area contributed by atoms with Crippen molar-refractivity contribution in [2.24, 2.45) is 0 Å². The van der Waals surface area contributed by atoms with Gasteiger partial charge in [0.25, 0.3) is 0 Å². The van der Waals surface area contributed by atoms with E-state index in [9.17, 15) is 9.59 Å². The summed E-state index contributed by atoms with van der Waals surface area (Å²) < 4.78 is 0. The van der Waals surface area contributed by atoms with Gasteiger partial charge in [0.05, 0.1) is 15.8 Å². The Morgan fingerprint density at radius 2 is 1.76 bits per heavy atom. The number of thioether (sulfide) groups is 1. The van der Waals surface area contributed by atoms with Crippen molar-refractivity contribution >= 4 is 58.4 Å². The topological polar surface area (TPSA) is 49.4 Å². The minimum atomic E-state index is -0.616. The van der Waals surface area contributed by atoms with Gasteiger partial charge in [-0.15, -0.1) is 11.8 Å². The second-order valence-electron chi connectivity index (χ2n) is 6.48. The van der Waals surface area contributed by atoms with Crippen molar-refractivity contribution < 1.29 is 9.59 Å². The molecule has 0 heterocycles. The molecule has 0 bridgehead atoms. The first-order valence-electron chi connectivity index (χ1n) is 9.21. The number of carbonyl (C=O) groups excluding carboxylic acids is 2. The Hall–Kier alpha value is -1.40. The van der Waals surface area contributed by atoms with Crippen LogP contribution in [0.3, 0.4) is 0 Å². The smallest absolute Gasteiger partial charge is 0.242 e. The average molecular weight is 474 g/mol. The highest BCUT2D eigenvalue weighted by atomic mass is 35.5. The Kier molecular flexibility index (Phi) is 9.63. The van der Waals surface area contributed by atoms with Crippen molar-refractivity contribution in [1.82, 2.24) is 10.2 Å². The van der Waals surface area contributed by atoms with E-state index in [-0.39, 0.29) is 24.1 Å². The molecule has 0 unspecified atom stereocenters. The van der Waals surface area contributed by atoms with Crippen LogP contribution in [0, 0.1) is 0 Å². The standard InChI is InChI=1S/C21H23Cl3N2O2S/c1-3-10-25-21(28)14(2)26(12-15-4-9-18(23)19(24)11-15)20(27)13-29-17-7-5-16(22)6-8-17/h4-9,11,14H,3,10,12-13H2,1-2H3,(H,25,28)/t14-/m0/s1. The molecule has 156 valence electrons. The van der Waals surface area contributed by atoms with Crippen molar-refractivity contribution in [1.29, 1.82) is 0 Å². The molecule has 0 aromatic heterocycles. The molecule has 0 aliphatic carbocycles. The van der Waals surface area contributed by atoms with Crippen molar-refractivity contribution in [3.8, 4) is 0 Å². The summed E-state index contributed by atoms with van der Waals surface area (Å²) in [5.41, 5.74) is 0.805. The summed E-state index contributed by atoms with van der Waals surface area (Å²) in [6.07, 6.45) is 0.825. The Morgan fingerprint density at radius 1 is 1.07 bits per heavy atom. The molecule has 0 saturated heterocycles. The van der Waals surface area contributed by atoms with Crippen LogP contribution in [-0.2, 0) is 16.1 Å². The van der Waals surface area contributed by atoms with Crippen LogP contribution in [-0.4, -0.2) is 35.1 Å². The number of nitrogens with one attached hydrogen (secondary N) is 1. The van der Waals surface area contributed by atoms with Crippen LogP contribution in [0.4, 0.5) is 0 Å². The zero-order valence-corrected chi connectivity index (χ0v) is 19.3. The van der Waals surface area contributed by atoms with Crippen molar-refractivity contribution in [3.05, 3.63) is 63.1 Å². The molecule has 8 heteroatoms. The fourth-order valence-corrected chi connectivity index (χ4v) is 3.80. The van der Waals surface area contributed by atoms with Crippen LogP contribution in [0.1, 0.15) is 25.8 Å². The van der Waals surface area contributed by atoms with Crippen molar-refractivity contribution in [2.45, 2.75) is 37.8 Å². The Balaban J connectivity index is 2.15. The van der Waals surface area contributed by atoms with E-state index >= 15 is 0 Å². The summed E-state index contributed by atoms with van der Waals surface area (Å²) in [4.78, 5) is 28.0. The first kappa shape index (κ1) is 23.9. The number of carbonyl (C=O) groups is 2. The lowest BCUT2D eigenvalue weighted by molar-refractivity contribution is -0.138. The third kappa shape index (κ3) is 7.41. The minimum Gasteiger partial charge on any atom is -0.354 e. The fraction of sp³-hybridized carbons (Fsp3) is 0.333. The van der Waals surface area contributed by atoms with E-state index in [1.807, 2.05) is 19.1 Å². The summed E-state index contributed by atoms with van der Waals surface area (Å²) in [6.45, 7) is 4.54. The zero-order chi connectivity index (χ0) is 21.4. The Morgan fingerprint density at radius 3 is 2.38 bits per heavy atom. The molecule has 0 aliphatic rings. The van der Waals surface area contributed by atoms with E-state index in [4.69, 9.17) is 34.8 Å². The lowest BCUT2D eigenvalue weighted by atomic mass is 10.1. The molecule has 0 saturated carbocycles. The summed E-state index contributed by atoms with van der Waals surface area (Å²) in [5, 5.41) is 4.35. The Bertz CT molecular complexity index is 846. The van der Waals surface area contributed by atoms with Gasteiger partial charge in [-0.05, 0) is 55.3 Å². The van der Waals surface area contributed by atoms with Crippen LogP contribution >= 0.6 is 46.6 Å². The highest BCUT2D eigenvalue weighted by Crippen LogP contribution is 2.25. The number of benzene rings is 2. The van der Waals surface area contributed by atoms with Crippen LogP contribution in [0.15, 0.2) is 47.4 Å². The summed E-state index contributed by atoms with van der Waals surface area (Å²) in [6, 6.07) is 11.9. The highest BCUT2D eigenvalue weighted by molar-refractivity contribution is 8.00. The van der Waals surface area contributed by atoms with Gasteiger partial charge in [0.2, 0.25) is 11.8 Å². The first-order valence-corrected chi connectivity index (χ1v) is 11.3. The zero-order valence-electron chi connectivity index (χ0n) is 16.3. The average Bonchev–Trinajstić information content (AvgIpc) is 2.71. The SMILES string of the molecule is CCCNC(=O)[C@H](C)N(Cc1ccc(Cl)c(Cl)c1)C(=O)CSc1ccc(Cl)cc1. The van der Waals surface area contributed by atoms with E-state index in [1.165, 1.54) is 11.8 Å². The normalized spacial score (nSPS) is 11.8. The molecule has 1 N–H and O–H groups in total. The maximum absolute atomic E-state index is 13.0. The molecule has 4 nitrogen and oxygen atoms in total. The van der Waals surface area contributed by atoms with Crippen LogP contribution in [0.25, 0.3) is 0 Å². The van der Waals surface area contributed by atoms with Crippen LogP contribution < -0.4 is 5.32 Å². The van der Waals surface area contributed by atoms with E-state index in [0.717, 1.165) is 16.9 Å². The lowest BCUT2D eigenvalue weighted by Gasteiger charge is -2.29. The van der Waals surface area contributed by atoms with Gasteiger partial charge in [-0.3, -0.25) is 9.59 Å². The number of halogens is 3. The third-order valence-corrected chi connectivity index (χ3v) is 6.22. The molecule has 2 rings (SSSR count). The molecule has 0 spiro atoms. The van der Waals surface area contributed by atoms with E-state index < -0.39 is 6.04 Å². The van der Waals surface area contributed by atoms with E-state index in [0.29, 0.717) is 21.6 Å². The second-order valence-corrected chi connectivity index (χ2v) is 8.78. The number of amides is 2. The highest BCUT2D eigenvalue weighted by Gasteiger charge is 2.26. The maximum atomic E-state index is 13.0. The summed E-state index contributed by atoms with van der Waals surface area (Å²) >= 11 is 19.4. The van der Waals surface area contributed by atoms with Gasteiger partial charge in [-0.2, -0.15) is 0 Å². The summed E-state index contributed by atoms with van der Waals surface area (Å²) in [5.74, 6) is -0.124. The molecule has 0 radical (unpaired) electrons. The Labute approximate surface area is 190 Å². The second kappa shape index (κ2) is 11.7. The summed E-state index contributed by atoms with van der Waals surface area (Å²) in [7, 11) is 0. The van der Waals surface area contributed by atoms with Crippen molar-refractivity contribution in [3.63, 3.8) is 0 Å². The molecule has 0 fully saturated rings. The quantitative estimate of drug-likeness (QED) is 0.476. The molecule has 2 amide bonds. The van der Waals surface area contributed by atoms with Gasteiger partial charge in [0, 0.05) is 23.0 Å². The largest absolute Gasteiger partial charge is 0.354 e. The molecule has 2 aromatic rings. The molecule has 1 atom stereocenters. The maximum Gasteiger partial charge on any atom is 0.242 e. The predicted molar refractivity (Wildman–Crippen MR) is 122 cm³/mol. The lowest BCUT2D eigenvalue weighted by Crippen LogP contribution is -2.48. The van der Waals surface area contributed by atoms with Gasteiger partial charge in [-0.1, -0.05) is 47.8 Å². The van der Waals surface area contributed by atoms with Crippen LogP contribution in [0.2, 0.25) is 15.1 Å². The van der Waals surface area contributed by atoms with Gasteiger partial charge in [0.15, 0.2) is 0 Å². The van der Waals surface area contributed by atoms with Gasteiger partial charge in [-0.25, -0.2) is 0 Å². The number of nitrogens with zero attached hydrogens (tertiary/aromatic N) is 1. The van der Waals surface area contributed by atoms with Gasteiger partial charge in [0.1, 0.15) is 6.04 Å². The van der Waals surface area contributed by atoms with Crippen molar-refractivity contribution in [2.75, 3.05) is 12.3 Å². The number of rotatable bonds is 9. The molecular formula is C21H23Cl3N2O2S. The monoisotopic (exact) mass is 472 g/mol. The fourth-order valence-electron chi connectivity index (χ4n) is 2.57. The molecule has 0 aliphatic heterocycles. The molecular weight excluding hydrogens is 451 g/mol. The molecule has 29 heavy (non-hydrogen) atoms. The predicted octanol–water partition coefficient (Wildman–Crippen LogP) is 5.68. The minimum absolute atomic E-state index is 0.143. The number of hydrogen-bond donors (Lipinski definition) is 1. The third-order valence-electron chi connectivity index (χ3n) is 4.23. The molecule has 2 aromatic carbocycles. The van der Waals surface area contributed by atoms with Gasteiger partial charge >= 0.3 is 0 Å². The van der Waals surface area contributed by atoms with E-state index in [1.54, 1.807) is 42.2 Å². The number of hydrogen-bond acceptors (Lipinski definition) is 3. The van der Waals surface area contributed by atoms with E-state index in [2.05, 4.69) is 5.32 Å². The first-order chi connectivity index (χ1) is 13.8.